The average Bonchev–Trinajstić information content (AvgIpc) is 2.57. The number of carbonyl (C=O) groups is 2. The number of allylic oxidation sites excluding steroid dienone is 1. The first-order chi connectivity index (χ1) is 10.8. The van der Waals surface area contributed by atoms with E-state index in [2.05, 4.69) is 0 Å². The Hall–Kier alpha value is -2.26. The van der Waals surface area contributed by atoms with Crippen molar-refractivity contribution in [3.63, 3.8) is 0 Å². The van der Waals surface area contributed by atoms with E-state index < -0.39 is 36.5 Å². The van der Waals surface area contributed by atoms with Gasteiger partial charge in [-0.2, -0.15) is 0 Å². The van der Waals surface area contributed by atoms with Gasteiger partial charge in [-0.3, -0.25) is 9.59 Å². The van der Waals surface area contributed by atoms with E-state index in [1.54, 1.807) is 0 Å². The van der Waals surface area contributed by atoms with Crippen molar-refractivity contribution in [1.82, 2.24) is 0 Å². The smallest absolute Gasteiger partial charge is 0.233 e. The molecule has 0 amide bonds. The van der Waals surface area contributed by atoms with Crippen LogP contribution >= 0.6 is 0 Å². The zero-order valence-electron chi connectivity index (χ0n) is 12.3. The Bertz CT molecular complexity index is 595. The molecule has 5 N–H and O–H groups in total. The number of aliphatic hydroxyl groups is 4. The molecular weight excluding hydrogens is 308 g/mol. The lowest BCUT2D eigenvalue weighted by Crippen LogP contribution is -2.45. The third kappa shape index (κ3) is 4.86. The van der Waals surface area contributed by atoms with Gasteiger partial charge in [-0.05, 0) is 23.8 Å². The van der Waals surface area contributed by atoms with Gasteiger partial charge in [0.05, 0.1) is 13.7 Å². The molecule has 8 heteroatoms. The van der Waals surface area contributed by atoms with E-state index in [9.17, 15) is 24.9 Å². The van der Waals surface area contributed by atoms with E-state index in [1.165, 1.54) is 31.4 Å². The molecule has 0 fully saturated rings. The van der Waals surface area contributed by atoms with Crippen LogP contribution < -0.4 is 4.74 Å². The van der Waals surface area contributed by atoms with Crippen LogP contribution in [0.5, 0.6) is 11.5 Å². The normalized spacial score (nSPS) is 15.2. The van der Waals surface area contributed by atoms with Gasteiger partial charge in [0.2, 0.25) is 11.6 Å². The lowest BCUT2D eigenvalue weighted by atomic mass is 10.0. The summed E-state index contributed by atoms with van der Waals surface area (Å²) in [4.78, 5) is 23.3. The minimum absolute atomic E-state index is 0.0939. The third-order valence-corrected chi connectivity index (χ3v) is 3.05. The summed E-state index contributed by atoms with van der Waals surface area (Å²) in [6, 6.07) is 4.22. The molecule has 0 aliphatic heterocycles. The molecule has 126 valence electrons. The van der Waals surface area contributed by atoms with Gasteiger partial charge >= 0.3 is 0 Å². The SMILES string of the molecule is COc1cc(/C=C/C(=O)C(=O)C(O)C(O)C(O)CO)ccc1O. The summed E-state index contributed by atoms with van der Waals surface area (Å²) in [5.41, 5.74) is 0.450. The molecule has 1 aromatic carbocycles. The summed E-state index contributed by atoms with van der Waals surface area (Å²) >= 11 is 0. The molecule has 0 aliphatic carbocycles. The number of phenols is 1. The number of phenolic OH excluding ortho intramolecular Hbond substituents is 1. The van der Waals surface area contributed by atoms with Crippen molar-refractivity contribution in [3.05, 3.63) is 29.8 Å². The Labute approximate surface area is 131 Å². The summed E-state index contributed by atoms with van der Waals surface area (Å²) < 4.78 is 4.89. The Morgan fingerprint density at radius 3 is 2.48 bits per heavy atom. The third-order valence-electron chi connectivity index (χ3n) is 3.05. The number of Topliss-reactive ketones (excluding diaryl/α,β-unsaturated/α-hetero) is 1. The van der Waals surface area contributed by atoms with Crippen molar-refractivity contribution in [2.45, 2.75) is 18.3 Å². The van der Waals surface area contributed by atoms with Crippen LogP contribution in [0.15, 0.2) is 24.3 Å². The second-order valence-electron chi connectivity index (χ2n) is 4.68. The topological polar surface area (TPSA) is 145 Å². The molecule has 1 rings (SSSR count). The van der Waals surface area contributed by atoms with Crippen molar-refractivity contribution in [2.24, 2.45) is 0 Å². The summed E-state index contributed by atoms with van der Waals surface area (Å²) in [7, 11) is 1.35. The lowest BCUT2D eigenvalue weighted by molar-refractivity contribution is -0.147. The standard InChI is InChI=1S/C15H18O8/c1-23-12-6-8(2-4-9(12)17)3-5-10(18)13(20)15(22)14(21)11(19)7-16/h2-6,11,14-17,19,21-22H,7H2,1H3/b5-3+. The highest BCUT2D eigenvalue weighted by Crippen LogP contribution is 2.26. The molecule has 3 atom stereocenters. The molecule has 0 aliphatic rings. The van der Waals surface area contributed by atoms with E-state index >= 15 is 0 Å². The van der Waals surface area contributed by atoms with Crippen LogP contribution in [0.25, 0.3) is 6.08 Å². The van der Waals surface area contributed by atoms with E-state index in [4.69, 9.17) is 14.9 Å². The summed E-state index contributed by atoms with van der Waals surface area (Å²) in [5.74, 6) is -2.35. The predicted octanol–water partition coefficient (Wildman–Crippen LogP) is -1.37. The van der Waals surface area contributed by atoms with Gasteiger partial charge in [0.25, 0.3) is 0 Å². The summed E-state index contributed by atoms with van der Waals surface area (Å²) in [5, 5.41) is 46.1. The molecule has 0 bridgehead atoms. The molecule has 0 saturated carbocycles. The second kappa shape index (κ2) is 8.39. The molecule has 1 aromatic rings. The number of methoxy groups -OCH3 is 1. The molecule has 0 spiro atoms. The molecule has 23 heavy (non-hydrogen) atoms. The van der Waals surface area contributed by atoms with E-state index in [1.807, 2.05) is 0 Å². The van der Waals surface area contributed by atoms with Crippen LogP contribution in [0.2, 0.25) is 0 Å². The van der Waals surface area contributed by atoms with Crippen molar-refractivity contribution < 1.29 is 39.9 Å². The van der Waals surface area contributed by atoms with Crippen LogP contribution in [0.1, 0.15) is 5.56 Å². The fraction of sp³-hybridized carbons (Fsp3) is 0.333. The number of ether oxygens (including phenoxy) is 1. The summed E-state index contributed by atoms with van der Waals surface area (Å²) in [6.07, 6.45) is -3.74. The first kappa shape index (κ1) is 18.8. The Morgan fingerprint density at radius 1 is 1.26 bits per heavy atom. The highest BCUT2D eigenvalue weighted by molar-refractivity contribution is 6.43. The minimum Gasteiger partial charge on any atom is -0.504 e. The van der Waals surface area contributed by atoms with Crippen molar-refractivity contribution in [3.8, 4) is 11.5 Å². The highest BCUT2D eigenvalue weighted by Gasteiger charge is 2.32. The number of rotatable bonds is 8. The van der Waals surface area contributed by atoms with Gasteiger partial charge in [0, 0.05) is 0 Å². The van der Waals surface area contributed by atoms with Crippen LogP contribution in [0.4, 0.5) is 0 Å². The quantitative estimate of drug-likeness (QED) is 0.290. The number of benzene rings is 1. The maximum atomic E-state index is 11.7. The van der Waals surface area contributed by atoms with Crippen LogP contribution in [-0.4, -0.2) is 69.1 Å². The fourth-order valence-electron chi connectivity index (χ4n) is 1.67. The largest absolute Gasteiger partial charge is 0.504 e. The minimum atomic E-state index is -2.15. The molecule has 8 nitrogen and oxygen atoms in total. The Kier molecular flexibility index (Phi) is 6.86. The van der Waals surface area contributed by atoms with Crippen LogP contribution in [0.3, 0.4) is 0 Å². The number of carbonyl (C=O) groups excluding carboxylic acids is 2. The van der Waals surface area contributed by atoms with Crippen molar-refractivity contribution in [2.75, 3.05) is 13.7 Å². The first-order valence-electron chi connectivity index (χ1n) is 6.60. The van der Waals surface area contributed by atoms with E-state index in [0.717, 1.165) is 6.08 Å². The maximum Gasteiger partial charge on any atom is 0.233 e. The maximum absolute atomic E-state index is 11.7. The molecule has 0 heterocycles. The van der Waals surface area contributed by atoms with E-state index in [-0.39, 0.29) is 11.5 Å². The second-order valence-corrected chi connectivity index (χ2v) is 4.68. The molecule has 3 unspecified atom stereocenters. The molecular formula is C15H18O8. The Balaban J connectivity index is 2.80. The first-order valence-corrected chi connectivity index (χ1v) is 6.60. The number of aromatic hydroxyl groups is 1. The number of ketones is 2. The highest BCUT2D eigenvalue weighted by atomic mass is 16.5. The predicted molar refractivity (Wildman–Crippen MR) is 78.8 cm³/mol. The molecule has 0 aromatic heterocycles. The van der Waals surface area contributed by atoms with Gasteiger partial charge in [0.15, 0.2) is 11.5 Å². The van der Waals surface area contributed by atoms with Crippen molar-refractivity contribution >= 4 is 17.6 Å². The molecule has 0 saturated heterocycles. The monoisotopic (exact) mass is 326 g/mol. The molecule has 0 radical (unpaired) electrons. The Morgan fingerprint density at radius 2 is 1.91 bits per heavy atom. The van der Waals surface area contributed by atoms with Gasteiger partial charge in [-0.25, -0.2) is 0 Å². The number of aliphatic hydroxyl groups excluding tert-OH is 4. The van der Waals surface area contributed by atoms with Gasteiger partial charge in [-0.15, -0.1) is 0 Å². The van der Waals surface area contributed by atoms with Crippen molar-refractivity contribution in [1.29, 1.82) is 0 Å². The zero-order valence-corrected chi connectivity index (χ0v) is 12.3. The van der Waals surface area contributed by atoms with E-state index in [0.29, 0.717) is 5.56 Å². The fourth-order valence-corrected chi connectivity index (χ4v) is 1.67. The van der Waals surface area contributed by atoms with Crippen LogP contribution in [0, 0.1) is 0 Å². The van der Waals surface area contributed by atoms with Gasteiger partial charge < -0.3 is 30.3 Å². The van der Waals surface area contributed by atoms with Gasteiger partial charge in [-0.1, -0.05) is 12.1 Å². The van der Waals surface area contributed by atoms with Gasteiger partial charge in [0.1, 0.15) is 18.3 Å². The lowest BCUT2D eigenvalue weighted by Gasteiger charge is -2.19. The average molecular weight is 326 g/mol. The van der Waals surface area contributed by atoms with Crippen LogP contribution in [-0.2, 0) is 9.59 Å². The summed E-state index contributed by atoms with van der Waals surface area (Å²) in [6.45, 7) is -0.872. The number of hydrogen-bond donors (Lipinski definition) is 5. The number of hydrogen-bond acceptors (Lipinski definition) is 8. The zero-order chi connectivity index (χ0) is 17.6.